The molecule has 8 N–H and O–H groups in total. The first kappa shape index (κ1) is 27.7. The monoisotopic (exact) mass is 550 g/mol. The first-order valence-corrected chi connectivity index (χ1v) is 11.7. The quantitative estimate of drug-likeness (QED) is 0.221. The number of phenolic OH excluding ortho intramolecular Hbond substituents is 1. The Balaban J connectivity index is 1.70. The lowest BCUT2D eigenvalue weighted by Gasteiger charge is -2.20. The molecule has 37 heavy (non-hydrogen) atoms. The van der Waals surface area contributed by atoms with E-state index in [1.54, 1.807) is 0 Å². The molecule has 14 heteroatoms. The number of rotatable bonds is 9. The van der Waals surface area contributed by atoms with Crippen molar-refractivity contribution in [1.29, 1.82) is 0 Å². The lowest BCUT2D eigenvalue weighted by atomic mass is 10.0. The molecule has 0 aromatic heterocycles. The normalized spacial score (nSPS) is 15.5. The summed E-state index contributed by atoms with van der Waals surface area (Å²) >= 11 is 11.9. The molecule has 3 rings (SSSR count). The van der Waals surface area contributed by atoms with Crippen molar-refractivity contribution in [1.82, 2.24) is 16.0 Å². The van der Waals surface area contributed by atoms with Gasteiger partial charge in [-0.2, -0.15) is 0 Å². The van der Waals surface area contributed by atoms with E-state index in [2.05, 4.69) is 26.3 Å². The van der Waals surface area contributed by atoms with Crippen LogP contribution in [0.4, 0.5) is 5.69 Å². The standard InChI is InChI=1S/C23H24Cl2N6O6/c24-13-6-16(20(35)17(25)7-13)18(1-2-32)31-19(34)10-27-22(37)12-3-11(21(26)36)4-14(5-12)30-23-28-8-15(33)9-29-23/h2-7,15,18,33,35H,1,8-10H2,(H2,26,36)(H,27,37)(H,31,34)(H2,28,29,30)/t18-/m1/s1. The number of β-amino-alcohol motifs (C(OH)–C–C–N with tert-alkyl or cyclic N) is 1. The van der Waals surface area contributed by atoms with Crippen LogP contribution in [0.3, 0.4) is 0 Å². The number of guanidine groups is 1. The molecule has 0 saturated heterocycles. The number of hydrogen-bond donors (Lipinski definition) is 7. The molecule has 2 atom stereocenters. The van der Waals surface area contributed by atoms with Gasteiger partial charge in [-0.15, -0.1) is 0 Å². The Morgan fingerprint density at radius 3 is 2.57 bits per heavy atom. The molecule has 3 amide bonds. The number of aliphatic hydroxyl groups excluding tert-OH is 1. The van der Waals surface area contributed by atoms with Crippen molar-refractivity contribution in [3.63, 3.8) is 0 Å². The highest BCUT2D eigenvalue weighted by atomic mass is 35.5. The lowest BCUT2D eigenvalue weighted by molar-refractivity contribution is -0.121. The number of benzene rings is 2. The molecule has 0 radical (unpaired) electrons. The number of aromatic hydroxyl groups is 1. The molecule has 0 fully saturated rings. The van der Waals surface area contributed by atoms with Gasteiger partial charge in [0.25, 0.3) is 5.91 Å². The van der Waals surface area contributed by atoms with Crippen molar-refractivity contribution in [3.8, 4) is 5.75 Å². The summed E-state index contributed by atoms with van der Waals surface area (Å²) in [5.41, 5.74) is 5.93. The molecule has 1 heterocycles. The van der Waals surface area contributed by atoms with E-state index in [0.29, 0.717) is 17.9 Å². The molecule has 1 aliphatic rings. The molecular weight excluding hydrogens is 527 g/mol. The van der Waals surface area contributed by atoms with Gasteiger partial charge in [-0.3, -0.25) is 19.4 Å². The average molecular weight is 551 g/mol. The summed E-state index contributed by atoms with van der Waals surface area (Å²) in [7, 11) is 0. The predicted octanol–water partition coefficient (Wildman–Crippen LogP) is 0.706. The number of nitrogens with one attached hydrogen (secondary N) is 4. The van der Waals surface area contributed by atoms with Crippen LogP contribution in [-0.4, -0.2) is 65.9 Å². The van der Waals surface area contributed by atoms with Crippen LogP contribution in [0.25, 0.3) is 0 Å². The number of nitrogens with two attached hydrogens (primary N) is 1. The van der Waals surface area contributed by atoms with Crippen molar-refractivity contribution < 1.29 is 29.4 Å². The number of primary amides is 1. The van der Waals surface area contributed by atoms with Gasteiger partial charge in [-0.05, 0) is 30.3 Å². The van der Waals surface area contributed by atoms with Crippen LogP contribution >= 0.6 is 23.2 Å². The molecule has 12 nitrogen and oxygen atoms in total. The highest BCUT2D eigenvalue weighted by molar-refractivity contribution is 6.35. The Labute approximate surface area is 221 Å². The predicted molar refractivity (Wildman–Crippen MR) is 137 cm³/mol. The van der Waals surface area contributed by atoms with Gasteiger partial charge in [-0.1, -0.05) is 23.2 Å². The van der Waals surface area contributed by atoms with Crippen molar-refractivity contribution in [3.05, 3.63) is 57.1 Å². The smallest absolute Gasteiger partial charge is 0.251 e. The number of anilines is 1. The largest absolute Gasteiger partial charge is 0.506 e. The summed E-state index contributed by atoms with van der Waals surface area (Å²) in [6.07, 6.45) is -0.261. The zero-order chi connectivity index (χ0) is 27.1. The van der Waals surface area contributed by atoms with E-state index in [9.17, 15) is 29.4 Å². The van der Waals surface area contributed by atoms with Crippen molar-refractivity contribution in [2.45, 2.75) is 18.6 Å². The van der Waals surface area contributed by atoms with Gasteiger partial charge in [0.15, 0.2) is 5.96 Å². The molecule has 1 unspecified atom stereocenters. The van der Waals surface area contributed by atoms with Gasteiger partial charge in [-0.25, -0.2) is 0 Å². The minimum Gasteiger partial charge on any atom is -0.506 e. The summed E-state index contributed by atoms with van der Waals surface area (Å²) in [4.78, 5) is 52.3. The minimum absolute atomic E-state index is 0.0340. The van der Waals surface area contributed by atoms with Crippen molar-refractivity contribution >= 4 is 58.9 Å². The molecule has 0 bridgehead atoms. The van der Waals surface area contributed by atoms with E-state index < -0.39 is 36.4 Å². The van der Waals surface area contributed by atoms with Gasteiger partial charge in [0.2, 0.25) is 11.8 Å². The summed E-state index contributed by atoms with van der Waals surface area (Å²) in [6.45, 7) is -0.0371. The number of nitrogens with zero attached hydrogens (tertiary/aromatic N) is 1. The number of hydrogen-bond acceptors (Lipinski definition) is 9. The third-order valence-corrected chi connectivity index (χ3v) is 5.72. The van der Waals surface area contributed by atoms with E-state index in [0.717, 1.165) is 0 Å². The van der Waals surface area contributed by atoms with E-state index in [1.807, 2.05) is 0 Å². The fourth-order valence-electron chi connectivity index (χ4n) is 3.44. The average Bonchev–Trinajstić information content (AvgIpc) is 2.85. The Bertz CT molecular complexity index is 1250. The minimum atomic E-state index is -0.950. The van der Waals surface area contributed by atoms with E-state index >= 15 is 0 Å². The number of aliphatic hydroxyl groups is 1. The molecule has 1 aliphatic heterocycles. The second-order valence-electron chi connectivity index (χ2n) is 8.04. The first-order chi connectivity index (χ1) is 17.6. The molecule has 0 spiro atoms. The lowest BCUT2D eigenvalue weighted by Crippen LogP contribution is -2.42. The SMILES string of the molecule is NC(=O)c1cc(NC2=NCC(O)CN2)cc(C(=O)NCC(=O)N[C@H](CC=O)c2cc(Cl)cc(Cl)c2O)c1. The van der Waals surface area contributed by atoms with E-state index in [-0.39, 0.29) is 52.0 Å². The topological polar surface area (TPSA) is 195 Å². The second kappa shape index (κ2) is 12.4. The van der Waals surface area contributed by atoms with Crippen molar-refractivity contribution in [2.24, 2.45) is 10.7 Å². The van der Waals surface area contributed by atoms with Crippen LogP contribution < -0.4 is 27.0 Å². The molecular formula is C23H24Cl2N6O6. The van der Waals surface area contributed by atoms with Gasteiger partial charge in [0, 0.05) is 40.4 Å². The summed E-state index contributed by atoms with van der Waals surface area (Å²) in [6, 6.07) is 5.84. The first-order valence-electron chi connectivity index (χ1n) is 10.9. The Morgan fingerprint density at radius 1 is 1.19 bits per heavy atom. The van der Waals surface area contributed by atoms with Gasteiger partial charge in [0.05, 0.1) is 30.3 Å². The van der Waals surface area contributed by atoms with E-state index in [4.69, 9.17) is 28.9 Å². The van der Waals surface area contributed by atoms with Crippen LogP contribution in [-0.2, 0) is 9.59 Å². The number of halogens is 2. The summed E-state index contributed by atoms with van der Waals surface area (Å²) < 4.78 is 0. The maximum atomic E-state index is 12.8. The Kier molecular flexibility index (Phi) is 9.28. The maximum Gasteiger partial charge on any atom is 0.251 e. The zero-order valence-electron chi connectivity index (χ0n) is 19.3. The number of aldehydes is 1. The summed E-state index contributed by atoms with van der Waals surface area (Å²) in [5.74, 6) is -2.13. The van der Waals surface area contributed by atoms with Gasteiger partial charge < -0.3 is 42.0 Å². The van der Waals surface area contributed by atoms with Crippen LogP contribution in [0.2, 0.25) is 10.0 Å². The number of aliphatic imine (C=N–C) groups is 1. The molecule has 196 valence electrons. The van der Waals surface area contributed by atoms with Crippen molar-refractivity contribution in [2.75, 3.05) is 25.0 Å². The van der Waals surface area contributed by atoms with Gasteiger partial charge >= 0.3 is 0 Å². The fraction of sp³-hybridized carbons (Fsp3) is 0.261. The fourth-order valence-corrected chi connectivity index (χ4v) is 3.95. The Hall–Kier alpha value is -3.87. The maximum absolute atomic E-state index is 12.8. The highest BCUT2D eigenvalue weighted by Gasteiger charge is 2.21. The number of carbonyl (C=O) groups is 4. The number of carbonyl (C=O) groups excluding carboxylic acids is 4. The molecule has 0 saturated carbocycles. The van der Waals surface area contributed by atoms with E-state index in [1.165, 1.54) is 30.3 Å². The third kappa shape index (κ3) is 7.56. The number of phenols is 1. The molecule has 2 aromatic rings. The molecule has 2 aromatic carbocycles. The highest BCUT2D eigenvalue weighted by Crippen LogP contribution is 2.35. The van der Waals surface area contributed by atoms with Crippen LogP contribution in [0.15, 0.2) is 35.3 Å². The van der Waals surface area contributed by atoms with Gasteiger partial charge in [0.1, 0.15) is 12.0 Å². The molecule has 0 aliphatic carbocycles. The summed E-state index contributed by atoms with van der Waals surface area (Å²) in [5, 5.41) is 30.7. The second-order valence-corrected chi connectivity index (χ2v) is 8.89. The third-order valence-electron chi connectivity index (χ3n) is 5.22. The van der Waals surface area contributed by atoms with Crippen LogP contribution in [0, 0.1) is 0 Å². The number of amides is 3. The zero-order valence-corrected chi connectivity index (χ0v) is 20.8. The van der Waals surface area contributed by atoms with Crippen LogP contribution in [0.5, 0.6) is 5.75 Å². The van der Waals surface area contributed by atoms with Crippen LogP contribution in [0.1, 0.15) is 38.7 Å². The Morgan fingerprint density at radius 2 is 1.92 bits per heavy atom.